The molecule has 2 aromatic carbocycles. The van der Waals surface area contributed by atoms with Gasteiger partial charge in [-0.05, 0) is 68.7 Å². The Morgan fingerprint density at radius 2 is 1.83 bits per heavy atom. The number of hydrogen-bond acceptors (Lipinski definition) is 3. The van der Waals surface area contributed by atoms with Crippen molar-refractivity contribution >= 4 is 39.3 Å². The average Bonchev–Trinajstić information content (AvgIpc) is 2.73. The lowest BCUT2D eigenvalue weighted by atomic mass is 10.1. The van der Waals surface area contributed by atoms with E-state index in [1.54, 1.807) is 30.0 Å². The van der Waals surface area contributed by atoms with Gasteiger partial charge in [-0.1, -0.05) is 46.6 Å². The first kappa shape index (κ1) is 24.2. The number of nitrogens with zero attached hydrogens (tertiary/aromatic N) is 1. The molecule has 0 spiro atoms. The summed E-state index contributed by atoms with van der Waals surface area (Å²) in [7, 11) is 0. The van der Waals surface area contributed by atoms with Crippen LogP contribution in [0, 0.1) is 6.92 Å². The molecular formula is C23H28BrClN2O3. The van der Waals surface area contributed by atoms with Crippen molar-refractivity contribution in [3.05, 3.63) is 63.1 Å². The lowest BCUT2D eigenvalue weighted by molar-refractivity contribution is -0.142. The molecule has 2 amide bonds. The average molecular weight is 496 g/mol. The van der Waals surface area contributed by atoms with E-state index in [0.29, 0.717) is 17.3 Å². The van der Waals surface area contributed by atoms with Crippen LogP contribution in [0.5, 0.6) is 5.75 Å². The number of aryl methyl sites for hydroxylation is 1. The minimum absolute atomic E-state index is 0.0397. The Morgan fingerprint density at radius 1 is 1.17 bits per heavy atom. The third-order valence-electron chi connectivity index (χ3n) is 4.93. The van der Waals surface area contributed by atoms with Gasteiger partial charge in [0.15, 0.2) is 6.61 Å². The van der Waals surface area contributed by atoms with Gasteiger partial charge in [-0.2, -0.15) is 0 Å². The Morgan fingerprint density at radius 3 is 2.43 bits per heavy atom. The molecule has 0 aliphatic heterocycles. The predicted molar refractivity (Wildman–Crippen MR) is 124 cm³/mol. The van der Waals surface area contributed by atoms with Crippen molar-refractivity contribution < 1.29 is 14.3 Å². The van der Waals surface area contributed by atoms with Gasteiger partial charge < -0.3 is 15.0 Å². The third-order valence-corrected chi connectivity index (χ3v) is 5.88. The number of halogens is 2. The molecule has 0 aliphatic carbocycles. The molecule has 7 heteroatoms. The zero-order valence-electron chi connectivity index (χ0n) is 17.7. The Hall–Kier alpha value is -2.05. The number of benzene rings is 2. The van der Waals surface area contributed by atoms with E-state index in [9.17, 15) is 9.59 Å². The Labute approximate surface area is 191 Å². The van der Waals surface area contributed by atoms with Crippen LogP contribution in [0.4, 0.5) is 0 Å². The van der Waals surface area contributed by atoms with E-state index in [2.05, 4.69) is 21.2 Å². The summed E-state index contributed by atoms with van der Waals surface area (Å²) >= 11 is 9.46. The standard InChI is InChI=1S/C23H28BrClN2O3/c1-5-16(3)26-23(29)17(4)27(13-18-6-8-19(24)9-7-18)22(28)14-30-20-10-11-21(25)15(2)12-20/h6-12,16-17H,5,13-14H2,1-4H3,(H,26,29)/t16-,17-/m0/s1. The van der Waals surface area contributed by atoms with Crippen molar-refractivity contribution in [3.8, 4) is 5.75 Å². The van der Waals surface area contributed by atoms with Gasteiger partial charge in [0.05, 0.1) is 0 Å². The lowest BCUT2D eigenvalue weighted by Crippen LogP contribution is -2.50. The largest absolute Gasteiger partial charge is 0.484 e. The van der Waals surface area contributed by atoms with Crippen LogP contribution in [0.3, 0.4) is 0 Å². The number of ether oxygens (including phenoxy) is 1. The van der Waals surface area contributed by atoms with Gasteiger partial charge in [-0.3, -0.25) is 9.59 Å². The van der Waals surface area contributed by atoms with Gasteiger partial charge in [-0.25, -0.2) is 0 Å². The second-order valence-corrected chi connectivity index (χ2v) is 8.66. The van der Waals surface area contributed by atoms with E-state index >= 15 is 0 Å². The summed E-state index contributed by atoms with van der Waals surface area (Å²) in [6, 6.07) is 12.3. The molecule has 0 bridgehead atoms. The molecule has 0 aliphatic rings. The molecule has 2 rings (SSSR count). The van der Waals surface area contributed by atoms with Crippen molar-refractivity contribution in [1.82, 2.24) is 10.2 Å². The van der Waals surface area contributed by atoms with Crippen LogP contribution in [0.25, 0.3) is 0 Å². The molecule has 5 nitrogen and oxygen atoms in total. The van der Waals surface area contributed by atoms with Crippen LogP contribution in [0.15, 0.2) is 46.9 Å². The SMILES string of the molecule is CC[C@H](C)NC(=O)[C@H](C)N(Cc1ccc(Br)cc1)C(=O)COc1ccc(Cl)c(C)c1. The molecule has 2 atom stereocenters. The highest BCUT2D eigenvalue weighted by Gasteiger charge is 2.27. The van der Waals surface area contributed by atoms with Crippen LogP contribution >= 0.6 is 27.5 Å². The first-order chi connectivity index (χ1) is 14.2. The van der Waals surface area contributed by atoms with Crippen molar-refractivity contribution in [2.24, 2.45) is 0 Å². The lowest BCUT2D eigenvalue weighted by Gasteiger charge is -2.29. The zero-order valence-corrected chi connectivity index (χ0v) is 20.1. The van der Waals surface area contributed by atoms with Crippen molar-refractivity contribution in [2.75, 3.05) is 6.61 Å². The Kier molecular flexibility index (Phi) is 9.18. The molecule has 1 N–H and O–H groups in total. The molecule has 0 radical (unpaired) electrons. The highest BCUT2D eigenvalue weighted by Crippen LogP contribution is 2.21. The first-order valence-electron chi connectivity index (χ1n) is 9.94. The van der Waals surface area contributed by atoms with Crippen LogP contribution < -0.4 is 10.1 Å². The van der Waals surface area contributed by atoms with Gasteiger partial charge in [0, 0.05) is 22.1 Å². The molecule has 0 fully saturated rings. The summed E-state index contributed by atoms with van der Waals surface area (Å²) in [6.45, 7) is 7.70. The molecule has 162 valence electrons. The molecule has 0 heterocycles. The summed E-state index contributed by atoms with van der Waals surface area (Å²) in [5.41, 5.74) is 1.80. The molecule has 0 saturated heterocycles. The van der Waals surface area contributed by atoms with E-state index < -0.39 is 6.04 Å². The first-order valence-corrected chi connectivity index (χ1v) is 11.1. The minimum atomic E-state index is -0.634. The number of carbonyl (C=O) groups is 2. The Balaban J connectivity index is 2.15. The van der Waals surface area contributed by atoms with Crippen molar-refractivity contribution in [2.45, 2.75) is 52.7 Å². The van der Waals surface area contributed by atoms with Gasteiger partial charge in [0.2, 0.25) is 5.91 Å². The number of nitrogens with one attached hydrogen (secondary N) is 1. The molecule has 0 unspecified atom stereocenters. The van der Waals surface area contributed by atoms with Crippen molar-refractivity contribution in [1.29, 1.82) is 0 Å². The van der Waals surface area contributed by atoms with Crippen LogP contribution in [-0.2, 0) is 16.1 Å². The molecule has 2 aromatic rings. The second-order valence-electron chi connectivity index (χ2n) is 7.34. The second kappa shape index (κ2) is 11.4. The van der Waals surface area contributed by atoms with E-state index in [1.165, 1.54) is 0 Å². The predicted octanol–water partition coefficient (Wildman–Crippen LogP) is 5.12. The maximum atomic E-state index is 13.0. The number of rotatable bonds is 9. The highest BCUT2D eigenvalue weighted by molar-refractivity contribution is 9.10. The van der Waals surface area contributed by atoms with Crippen LogP contribution in [0.1, 0.15) is 38.3 Å². The van der Waals surface area contributed by atoms with Gasteiger partial charge in [-0.15, -0.1) is 0 Å². The summed E-state index contributed by atoms with van der Waals surface area (Å²) in [4.78, 5) is 27.3. The van der Waals surface area contributed by atoms with E-state index in [-0.39, 0.29) is 24.5 Å². The summed E-state index contributed by atoms with van der Waals surface area (Å²) in [5, 5.41) is 3.59. The fourth-order valence-electron chi connectivity index (χ4n) is 2.77. The fourth-order valence-corrected chi connectivity index (χ4v) is 3.15. The third kappa shape index (κ3) is 7.03. The maximum Gasteiger partial charge on any atom is 0.261 e. The Bertz CT molecular complexity index is 873. The monoisotopic (exact) mass is 494 g/mol. The number of hydrogen-bond donors (Lipinski definition) is 1. The highest BCUT2D eigenvalue weighted by atomic mass is 79.9. The quantitative estimate of drug-likeness (QED) is 0.525. The maximum absolute atomic E-state index is 13.0. The fraction of sp³-hybridized carbons (Fsp3) is 0.391. The topological polar surface area (TPSA) is 58.6 Å². The summed E-state index contributed by atoms with van der Waals surface area (Å²) < 4.78 is 6.64. The number of carbonyl (C=O) groups excluding carboxylic acids is 2. The van der Waals surface area contributed by atoms with E-state index in [1.807, 2.05) is 45.0 Å². The van der Waals surface area contributed by atoms with Gasteiger partial charge >= 0.3 is 0 Å². The molecule has 0 aromatic heterocycles. The zero-order chi connectivity index (χ0) is 22.3. The van der Waals surface area contributed by atoms with Crippen LogP contribution in [0.2, 0.25) is 5.02 Å². The van der Waals surface area contributed by atoms with E-state index in [0.717, 1.165) is 22.0 Å². The van der Waals surface area contributed by atoms with Crippen LogP contribution in [-0.4, -0.2) is 35.4 Å². The normalized spacial score (nSPS) is 12.7. The number of amides is 2. The van der Waals surface area contributed by atoms with Gasteiger partial charge in [0.1, 0.15) is 11.8 Å². The minimum Gasteiger partial charge on any atom is -0.484 e. The molecule has 0 saturated carbocycles. The van der Waals surface area contributed by atoms with Gasteiger partial charge in [0.25, 0.3) is 5.91 Å². The molecular weight excluding hydrogens is 468 g/mol. The smallest absolute Gasteiger partial charge is 0.261 e. The van der Waals surface area contributed by atoms with Crippen molar-refractivity contribution in [3.63, 3.8) is 0 Å². The summed E-state index contributed by atoms with van der Waals surface area (Å²) in [5.74, 6) is 0.111. The van der Waals surface area contributed by atoms with E-state index in [4.69, 9.17) is 16.3 Å². The summed E-state index contributed by atoms with van der Waals surface area (Å²) in [6.07, 6.45) is 0.818. The molecule has 30 heavy (non-hydrogen) atoms.